The molecular formula is C9H10N4O. The summed E-state index contributed by atoms with van der Waals surface area (Å²) in [5.41, 5.74) is 0.461. The first-order chi connectivity index (χ1) is 6.72. The van der Waals surface area contributed by atoms with Gasteiger partial charge in [0.05, 0.1) is 0 Å². The number of nitrogens with zero attached hydrogens (tertiary/aromatic N) is 4. The summed E-state index contributed by atoms with van der Waals surface area (Å²) in [6.07, 6.45) is 3.03. The number of anilines is 1. The number of carbonyl (C=O) groups excluding carboxylic acids is 1. The Hall–Kier alpha value is -1.83. The monoisotopic (exact) mass is 190 g/mol. The number of aromatic nitrogens is 2. The van der Waals surface area contributed by atoms with Crippen LogP contribution in [0.3, 0.4) is 0 Å². The fourth-order valence-electron chi connectivity index (χ4n) is 1.63. The summed E-state index contributed by atoms with van der Waals surface area (Å²) in [7, 11) is 1.74. The van der Waals surface area contributed by atoms with Crippen LogP contribution in [0.1, 0.15) is 18.4 Å². The Kier molecular flexibility index (Phi) is 1.97. The van der Waals surface area contributed by atoms with Gasteiger partial charge in [-0.3, -0.25) is 14.4 Å². The second kappa shape index (κ2) is 3.14. The first-order valence-electron chi connectivity index (χ1n) is 4.46. The van der Waals surface area contributed by atoms with Crippen molar-refractivity contribution < 1.29 is 4.79 Å². The number of hydrogen-bond acceptors (Lipinski definition) is 3. The van der Waals surface area contributed by atoms with E-state index in [1.54, 1.807) is 22.8 Å². The maximum absolute atomic E-state index is 11.4. The molecular weight excluding hydrogens is 180 g/mol. The topological polar surface area (TPSA) is 61.9 Å². The summed E-state index contributed by atoms with van der Waals surface area (Å²) in [5, 5.41) is 13.0. The summed E-state index contributed by atoms with van der Waals surface area (Å²) in [6, 6.07) is 2.04. The fourth-order valence-corrected chi connectivity index (χ4v) is 1.63. The van der Waals surface area contributed by atoms with Crippen LogP contribution in [0.25, 0.3) is 0 Å². The second-order valence-corrected chi connectivity index (χ2v) is 3.30. The Morgan fingerprint density at radius 1 is 1.64 bits per heavy atom. The lowest BCUT2D eigenvalue weighted by Gasteiger charge is -2.11. The van der Waals surface area contributed by atoms with Crippen molar-refractivity contribution in [2.75, 3.05) is 11.4 Å². The maximum atomic E-state index is 11.4. The Bertz CT molecular complexity index is 415. The summed E-state index contributed by atoms with van der Waals surface area (Å²) in [5.74, 6) is 0.553. The van der Waals surface area contributed by atoms with Crippen LogP contribution in [0.5, 0.6) is 0 Å². The maximum Gasteiger partial charge on any atom is 0.228 e. The molecule has 1 aromatic heterocycles. The number of carbonyl (C=O) groups is 1. The summed E-state index contributed by atoms with van der Waals surface area (Å²) >= 11 is 0. The number of hydrogen-bond donors (Lipinski definition) is 0. The summed E-state index contributed by atoms with van der Waals surface area (Å²) in [4.78, 5) is 13.0. The molecule has 0 radical (unpaired) electrons. The third-order valence-electron chi connectivity index (χ3n) is 2.26. The zero-order valence-electron chi connectivity index (χ0n) is 7.90. The largest absolute Gasteiger partial charge is 0.294 e. The van der Waals surface area contributed by atoms with Gasteiger partial charge >= 0.3 is 0 Å². The van der Waals surface area contributed by atoms with Gasteiger partial charge in [0, 0.05) is 26.2 Å². The molecule has 0 aromatic carbocycles. The van der Waals surface area contributed by atoms with Crippen molar-refractivity contribution in [2.45, 2.75) is 12.8 Å². The Balaban J connectivity index is 2.40. The van der Waals surface area contributed by atoms with E-state index in [2.05, 4.69) is 5.10 Å². The Labute approximate surface area is 81.5 Å². The molecule has 2 heterocycles. The lowest BCUT2D eigenvalue weighted by molar-refractivity contribution is -0.117. The Morgan fingerprint density at radius 2 is 2.43 bits per heavy atom. The van der Waals surface area contributed by atoms with Gasteiger partial charge in [-0.05, 0) is 6.42 Å². The second-order valence-electron chi connectivity index (χ2n) is 3.30. The van der Waals surface area contributed by atoms with E-state index < -0.39 is 0 Å². The minimum Gasteiger partial charge on any atom is -0.294 e. The van der Waals surface area contributed by atoms with Gasteiger partial charge in [0.2, 0.25) is 5.91 Å². The molecule has 0 spiro atoms. The van der Waals surface area contributed by atoms with E-state index in [1.165, 1.54) is 0 Å². The highest BCUT2D eigenvalue weighted by Crippen LogP contribution is 2.22. The predicted octanol–water partition coefficient (Wildman–Crippen LogP) is 0.419. The molecule has 14 heavy (non-hydrogen) atoms. The molecule has 1 aliphatic heterocycles. The number of nitriles is 1. The van der Waals surface area contributed by atoms with E-state index >= 15 is 0 Å². The van der Waals surface area contributed by atoms with Gasteiger partial charge in [-0.1, -0.05) is 0 Å². The molecule has 1 aliphatic rings. The molecule has 1 saturated heterocycles. The lowest BCUT2D eigenvalue weighted by atomic mass is 10.3. The third-order valence-corrected chi connectivity index (χ3v) is 2.26. The zero-order chi connectivity index (χ0) is 10.1. The van der Waals surface area contributed by atoms with Gasteiger partial charge in [0.25, 0.3) is 0 Å². The number of rotatable bonds is 1. The van der Waals surface area contributed by atoms with E-state index in [4.69, 9.17) is 5.26 Å². The van der Waals surface area contributed by atoms with Gasteiger partial charge in [-0.2, -0.15) is 10.4 Å². The number of aryl methyl sites for hydroxylation is 1. The minimum absolute atomic E-state index is 0.0557. The molecule has 1 aromatic rings. The molecule has 1 fully saturated rings. The van der Waals surface area contributed by atoms with Crippen LogP contribution in [-0.4, -0.2) is 22.2 Å². The predicted molar refractivity (Wildman–Crippen MR) is 49.5 cm³/mol. The van der Waals surface area contributed by atoms with Crippen LogP contribution in [-0.2, 0) is 11.8 Å². The molecule has 5 heteroatoms. The SMILES string of the molecule is Cn1cc(C#N)c(N2CCCC2=O)n1. The summed E-state index contributed by atoms with van der Waals surface area (Å²) < 4.78 is 1.56. The highest BCUT2D eigenvalue weighted by Gasteiger charge is 2.26. The van der Waals surface area contributed by atoms with Crippen molar-refractivity contribution in [2.24, 2.45) is 7.05 Å². The molecule has 72 valence electrons. The van der Waals surface area contributed by atoms with Gasteiger partial charge in [-0.15, -0.1) is 0 Å². The van der Waals surface area contributed by atoms with Crippen molar-refractivity contribution in [3.05, 3.63) is 11.8 Å². The van der Waals surface area contributed by atoms with Crippen LogP contribution in [0.2, 0.25) is 0 Å². The van der Waals surface area contributed by atoms with Crippen LogP contribution >= 0.6 is 0 Å². The molecule has 0 bridgehead atoms. The molecule has 1 amide bonds. The Morgan fingerprint density at radius 3 is 3.00 bits per heavy atom. The van der Waals surface area contributed by atoms with E-state index in [1.807, 2.05) is 6.07 Å². The van der Waals surface area contributed by atoms with Crippen molar-refractivity contribution in [3.8, 4) is 6.07 Å². The van der Waals surface area contributed by atoms with Crippen LogP contribution in [0.15, 0.2) is 6.20 Å². The standard InChI is InChI=1S/C9H10N4O/c1-12-6-7(5-10)9(11-12)13-4-2-3-8(13)14/h6H,2-4H2,1H3. The van der Waals surface area contributed by atoms with Crippen molar-refractivity contribution in [3.63, 3.8) is 0 Å². The molecule has 2 rings (SSSR count). The molecule has 0 saturated carbocycles. The summed E-state index contributed by atoms with van der Waals surface area (Å²) in [6.45, 7) is 0.671. The number of amides is 1. The van der Waals surface area contributed by atoms with Crippen LogP contribution in [0, 0.1) is 11.3 Å². The molecule has 0 unspecified atom stereocenters. The van der Waals surface area contributed by atoms with Crippen molar-refractivity contribution in [1.29, 1.82) is 5.26 Å². The molecule has 0 aliphatic carbocycles. The van der Waals surface area contributed by atoms with E-state index in [0.29, 0.717) is 24.3 Å². The highest BCUT2D eigenvalue weighted by atomic mass is 16.2. The van der Waals surface area contributed by atoms with E-state index in [0.717, 1.165) is 6.42 Å². The van der Waals surface area contributed by atoms with E-state index in [-0.39, 0.29) is 5.91 Å². The first-order valence-corrected chi connectivity index (χ1v) is 4.46. The molecule has 5 nitrogen and oxygen atoms in total. The van der Waals surface area contributed by atoms with Crippen molar-refractivity contribution in [1.82, 2.24) is 9.78 Å². The third kappa shape index (κ3) is 1.25. The van der Waals surface area contributed by atoms with Crippen molar-refractivity contribution >= 4 is 11.7 Å². The molecule has 0 N–H and O–H groups in total. The fraction of sp³-hybridized carbons (Fsp3) is 0.444. The van der Waals surface area contributed by atoms with Gasteiger partial charge in [0.15, 0.2) is 5.82 Å². The first kappa shape index (κ1) is 8.75. The van der Waals surface area contributed by atoms with Gasteiger partial charge < -0.3 is 0 Å². The molecule has 0 atom stereocenters. The van der Waals surface area contributed by atoms with Gasteiger partial charge in [-0.25, -0.2) is 0 Å². The normalized spacial score (nSPS) is 16.0. The minimum atomic E-state index is 0.0557. The lowest BCUT2D eigenvalue weighted by Crippen LogP contribution is -2.25. The average Bonchev–Trinajstić information content (AvgIpc) is 2.71. The zero-order valence-corrected chi connectivity index (χ0v) is 7.90. The quantitative estimate of drug-likeness (QED) is 0.644. The van der Waals surface area contributed by atoms with Crippen LogP contribution in [0.4, 0.5) is 5.82 Å². The average molecular weight is 190 g/mol. The highest BCUT2D eigenvalue weighted by molar-refractivity contribution is 5.95. The smallest absolute Gasteiger partial charge is 0.228 e. The van der Waals surface area contributed by atoms with E-state index in [9.17, 15) is 4.79 Å². The van der Waals surface area contributed by atoms with Gasteiger partial charge in [0.1, 0.15) is 11.6 Å². The van der Waals surface area contributed by atoms with Crippen LogP contribution < -0.4 is 4.90 Å².